The number of amidine groups is 1. The normalized spacial score (nSPS) is 11.4. The van der Waals surface area contributed by atoms with Crippen LogP contribution in [0.2, 0.25) is 0 Å². The van der Waals surface area contributed by atoms with Gasteiger partial charge in [-0.2, -0.15) is 5.10 Å². The molecule has 0 aliphatic heterocycles. The van der Waals surface area contributed by atoms with Crippen molar-refractivity contribution >= 4 is 5.84 Å². The van der Waals surface area contributed by atoms with E-state index in [1.807, 2.05) is 0 Å². The zero-order valence-electron chi connectivity index (χ0n) is 3.89. The fourth-order valence-corrected chi connectivity index (χ4v) is 0.149. The van der Waals surface area contributed by atoms with Gasteiger partial charge in [-0.3, -0.25) is 0 Å². The minimum Gasteiger partial charge on any atom is -0.324 e. The summed E-state index contributed by atoms with van der Waals surface area (Å²) < 4.78 is 0. The third-order valence-electron chi connectivity index (χ3n) is 0.516. The van der Waals surface area contributed by atoms with Crippen LogP contribution in [-0.2, 0) is 0 Å². The zero-order valence-corrected chi connectivity index (χ0v) is 3.89. The number of nitrogens with two attached hydrogens (primary N) is 3. The van der Waals surface area contributed by atoms with Gasteiger partial charge in [-0.1, -0.05) is 0 Å². The van der Waals surface area contributed by atoms with Crippen LogP contribution in [-0.4, -0.2) is 12.4 Å². The first-order valence-electron chi connectivity index (χ1n) is 1.78. The largest absolute Gasteiger partial charge is 0.324 e. The standard InChI is InChI=1S/C2H9N5/c3-1-2(6-4)7-5/h1,3-5H2,(H,6,7). The molecule has 0 atom stereocenters. The van der Waals surface area contributed by atoms with Gasteiger partial charge in [0, 0.05) is 0 Å². The lowest BCUT2D eigenvalue weighted by molar-refractivity contribution is 0.969. The molecular weight excluding hydrogens is 94.1 g/mol. The monoisotopic (exact) mass is 103 g/mol. The van der Waals surface area contributed by atoms with Crippen molar-refractivity contribution in [2.24, 2.45) is 22.5 Å². The maximum Gasteiger partial charge on any atom is 0.149 e. The average molecular weight is 103 g/mol. The molecule has 0 fully saturated rings. The molecule has 0 aromatic rings. The predicted molar refractivity (Wildman–Crippen MR) is 28.0 cm³/mol. The van der Waals surface area contributed by atoms with Crippen molar-refractivity contribution in [3.8, 4) is 0 Å². The molecule has 42 valence electrons. The summed E-state index contributed by atoms with van der Waals surface area (Å²) in [7, 11) is 0. The molecule has 0 rings (SSSR count). The van der Waals surface area contributed by atoms with Gasteiger partial charge in [0.2, 0.25) is 0 Å². The molecule has 0 saturated heterocycles. The van der Waals surface area contributed by atoms with Crippen LogP contribution in [0.25, 0.3) is 0 Å². The summed E-state index contributed by atoms with van der Waals surface area (Å²) in [6, 6.07) is 0. The molecule has 0 amide bonds. The Labute approximate surface area is 41.5 Å². The van der Waals surface area contributed by atoms with Crippen LogP contribution in [0.1, 0.15) is 0 Å². The maximum atomic E-state index is 5.04. The Morgan fingerprint density at radius 3 is 2.29 bits per heavy atom. The summed E-state index contributed by atoms with van der Waals surface area (Å²) in [6.45, 7) is 0.243. The molecule has 7 N–H and O–H groups in total. The number of hydrazine groups is 1. The fourth-order valence-electron chi connectivity index (χ4n) is 0.149. The van der Waals surface area contributed by atoms with Gasteiger partial charge in [0.15, 0.2) is 0 Å². The van der Waals surface area contributed by atoms with Gasteiger partial charge in [-0.05, 0) is 0 Å². The number of nitrogens with zero attached hydrogens (tertiary/aromatic N) is 1. The van der Waals surface area contributed by atoms with E-state index in [1.54, 1.807) is 0 Å². The Morgan fingerprint density at radius 2 is 2.29 bits per heavy atom. The van der Waals surface area contributed by atoms with Crippen LogP contribution in [0, 0.1) is 0 Å². The van der Waals surface area contributed by atoms with Crippen molar-refractivity contribution in [2.75, 3.05) is 6.54 Å². The molecule has 0 aliphatic rings. The first-order chi connectivity index (χ1) is 3.35. The number of hydrogen-bond acceptors (Lipinski definition) is 4. The topological polar surface area (TPSA) is 102 Å². The maximum absolute atomic E-state index is 5.04. The Bertz CT molecular complexity index is 60.5. The smallest absolute Gasteiger partial charge is 0.149 e. The molecule has 5 heteroatoms. The van der Waals surface area contributed by atoms with Gasteiger partial charge in [0.05, 0.1) is 6.54 Å². The third kappa shape index (κ3) is 1.96. The van der Waals surface area contributed by atoms with E-state index in [0.717, 1.165) is 0 Å². The van der Waals surface area contributed by atoms with Crippen molar-refractivity contribution in [1.82, 2.24) is 5.43 Å². The quantitative estimate of drug-likeness (QED) is 0.129. The molecule has 0 bridgehead atoms. The number of rotatable bonds is 1. The lowest BCUT2D eigenvalue weighted by Gasteiger charge is -1.95. The molecule has 5 nitrogen and oxygen atoms in total. The van der Waals surface area contributed by atoms with E-state index in [9.17, 15) is 0 Å². The van der Waals surface area contributed by atoms with Gasteiger partial charge >= 0.3 is 0 Å². The second-order valence-corrected chi connectivity index (χ2v) is 0.924. The summed E-state index contributed by atoms with van der Waals surface area (Å²) in [4.78, 5) is 0. The zero-order chi connectivity index (χ0) is 5.70. The van der Waals surface area contributed by atoms with E-state index < -0.39 is 0 Å². The molecular formula is C2H9N5. The summed E-state index contributed by atoms with van der Waals surface area (Å²) in [5, 5.41) is 3.18. The first kappa shape index (κ1) is 6.19. The molecule has 0 radical (unpaired) electrons. The van der Waals surface area contributed by atoms with Gasteiger partial charge < -0.3 is 17.0 Å². The van der Waals surface area contributed by atoms with Crippen LogP contribution in [0.3, 0.4) is 0 Å². The molecule has 0 aliphatic carbocycles. The van der Waals surface area contributed by atoms with Crippen molar-refractivity contribution in [3.63, 3.8) is 0 Å². The first-order valence-corrected chi connectivity index (χ1v) is 1.78. The van der Waals surface area contributed by atoms with Gasteiger partial charge in [0.1, 0.15) is 5.84 Å². The van der Waals surface area contributed by atoms with E-state index in [0.29, 0.717) is 5.84 Å². The van der Waals surface area contributed by atoms with Crippen molar-refractivity contribution < 1.29 is 0 Å². The van der Waals surface area contributed by atoms with Crippen LogP contribution in [0.5, 0.6) is 0 Å². The van der Waals surface area contributed by atoms with E-state index >= 15 is 0 Å². The minimum absolute atomic E-state index is 0.243. The Morgan fingerprint density at radius 1 is 1.71 bits per heavy atom. The van der Waals surface area contributed by atoms with E-state index in [4.69, 9.17) is 17.4 Å². The average Bonchev–Trinajstić information content (AvgIpc) is 1.72. The summed E-state index contributed by atoms with van der Waals surface area (Å²) in [5.41, 5.74) is 7.24. The van der Waals surface area contributed by atoms with Crippen LogP contribution < -0.4 is 22.8 Å². The SMILES string of the molecule is NC/C(=N/N)NN. The van der Waals surface area contributed by atoms with Crippen LogP contribution in [0.15, 0.2) is 5.10 Å². The predicted octanol–water partition coefficient (Wildman–Crippen LogP) is -2.32. The second-order valence-electron chi connectivity index (χ2n) is 0.924. The van der Waals surface area contributed by atoms with Gasteiger partial charge in [0.25, 0.3) is 0 Å². The highest BCUT2D eigenvalue weighted by Crippen LogP contribution is 1.53. The highest BCUT2D eigenvalue weighted by atomic mass is 15.3. The molecule has 0 saturated carbocycles. The summed E-state index contributed by atoms with van der Waals surface area (Å²) in [6.07, 6.45) is 0. The number of hydrogen-bond donors (Lipinski definition) is 4. The molecule has 0 aromatic carbocycles. The lowest BCUT2D eigenvalue weighted by atomic mass is 10.6. The Balaban J connectivity index is 3.38. The van der Waals surface area contributed by atoms with E-state index in [2.05, 4.69) is 10.5 Å². The van der Waals surface area contributed by atoms with Crippen molar-refractivity contribution in [3.05, 3.63) is 0 Å². The molecule has 7 heavy (non-hydrogen) atoms. The fraction of sp³-hybridized carbons (Fsp3) is 0.500. The Kier molecular flexibility index (Phi) is 2.99. The molecule has 0 heterocycles. The van der Waals surface area contributed by atoms with E-state index in [1.165, 1.54) is 0 Å². The van der Waals surface area contributed by atoms with Gasteiger partial charge in [-0.25, -0.2) is 5.84 Å². The van der Waals surface area contributed by atoms with Crippen molar-refractivity contribution in [1.29, 1.82) is 0 Å². The minimum atomic E-state index is 0.243. The highest BCUT2D eigenvalue weighted by Gasteiger charge is 1.84. The summed E-state index contributed by atoms with van der Waals surface area (Å²) >= 11 is 0. The highest BCUT2D eigenvalue weighted by molar-refractivity contribution is 5.82. The van der Waals surface area contributed by atoms with Crippen LogP contribution >= 0.6 is 0 Å². The second kappa shape index (κ2) is 3.38. The van der Waals surface area contributed by atoms with Gasteiger partial charge in [-0.15, -0.1) is 0 Å². The van der Waals surface area contributed by atoms with E-state index in [-0.39, 0.29) is 6.54 Å². The third-order valence-corrected chi connectivity index (χ3v) is 0.516. The Hall–Kier alpha value is -0.810. The summed E-state index contributed by atoms with van der Waals surface area (Å²) in [5.74, 6) is 10.0. The molecule has 0 spiro atoms. The number of nitrogens with one attached hydrogen (secondary N) is 1. The molecule has 0 unspecified atom stereocenters. The lowest BCUT2D eigenvalue weighted by Crippen LogP contribution is -2.36. The van der Waals surface area contributed by atoms with Crippen molar-refractivity contribution in [2.45, 2.75) is 0 Å². The number of hydrazone groups is 1. The molecule has 0 aromatic heterocycles. The van der Waals surface area contributed by atoms with Crippen LogP contribution in [0.4, 0.5) is 0 Å².